The molecule has 0 fully saturated rings. The Morgan fingerprint density at radius 3 is 0.716 bits per heavy atom. The Labute approximate surface area is 581 Å². The van der Waals surface area contributed by atoms with E-state index in [2.05, 4.69) is 34.6 Å². The van der Waals surface area contributed by atoms with Crippen molar-refractivity contribution < 1.29 is 80.2 Å². The predicted molar refractivity (Wildman–Crippen MR) is 386 cm³/mol. The molecule has 0 spiro atoms. The van der Waals surface area contributed by atoms with E-state index in [1.165, 1.54) is 218 Å². The number of carbonyl (C=O) groups is 4. The van der Waals surface area contributed by atoms with Gasteiger partial charge in [-0.1, -0.05) is 349 Å². The lowest BCUT2D eigenvalue weighted by Gasteiger charge is -2.21. The van der Waals surface area contributed by atoms with E-state index in [0.29, 0.717) is 25.7 Å². The first kappa shape index (κ1) is 93.1. The highest BCUT2D eigenvalue weighted by atomic mass is 31.2. The van der Waals surface area contributed by atoms with Crippen LogP contribution in [0.15, 0.2) is 0 Å². The van der Waals surface area contributed by atoms with E-state index < -0.39 is 97.5 Å². The summed E-state index contributed by atoms with van der Waals surface area (Å²) in [5, 5.41) is 10.6. The third-order valence-corrected chi connectivity index (χ3v) is 19.7. The van der Waals surface area contributed by atoms with Crippen LogP contribution in [0, 0.1) is 5.92 Å². The van der Waals surface area contributed by atoms with Gasteiger partial charge in [0.1, 0.15) is 19.3 Å². The molecule has 5 atom stereocenters. The Kier molecular flexibility index (Phi) is 67.7. The average molecular weight is 1400 g/mol. The molecule has 0 aromatic rings. The van der Waals surface area contributed by atoms with Crippen LogP contribution in [0.4, 0.5) is 0 Å². The molecule has 2 unspecified atom stereocenters. The van der Waals surface area contributed by atoms with Gasteiger partial charge in [0.15, 0.2) is 12.2 Å². The maximum Gasteiger partial charge on any atom is 0.472 e. The number of hydrogen-bond donors (Lipinski definition) is 3. The van der Waals surface area contributed by atoms with E-state index in [-0.39, 0.29) is 25.7 Å². The monoisotopic (exact) mass is 1400 g/mol. The van der Waals surface area contributed by atoms with Crippen LogP contribution in [-0.4, -0.2) is 96.7 Å². The number of unbranched alkanes of at least 4 members (excludes halogenated alkanes) is 48. The Morgan fingerprint density at radius 1 is 0.284 bits per heavy atom. The molecule has 0 aliphatic carbocycles. The first-order valence-electron chi connectivity index (χ1n) is 39.6. The highest BCUT2D eigenvalue weighted by Crippen LogP contribution is 2.45. The van der Waals surface area contributed by atoms with Crippen molar-refractivity contribution in [3.05, 3.63) is 0 Å². The summed E-state index contributed by atoms with van der Waals surface area (Å²) in [6.07, 6.45) is 58.6. The lowest BCUT2D eigenvalue weighted by molar-refractivity contribution is -0.161. The molecular formula is C76H148O17P2. The zero-order valence-corrected chi connectivity index (χ0v) is 63.6. The summed E-state index contributed by atoms with van der Waals surface area (Å²) in [6.45, 7) is 7.24. The van der Waals surface area contributed by atoms with Crippen LogP contribution < -0.4 is 0 Å². The van der Waals surface area contributed by atoms with E-state index in [1.807, 2.05) is 0 Å². The molecule has 564 valence electrons. The predicted octanol–water partition coefficient (Wildman–Crippen LogP) is 22.5. The van der Waals surface area contributed by atoms with Crippen molar-refractivity contribution in [3.8, 4) is 0 Å². The molecule has 0 saturated carbocycles. The number of phosphoric acid groups is 2. The maximum absolute atomic E-state index is 13.1. The van der Waals surface area contributed by atoms with Gasteiger partial charge in [-0.05, 0) is 31.6 Å². The summed E-state index contributed by atoms with van der Waals surface area (Å²) < 4.78 is 68.3. The number of ether oxygens (including phenoxy) is 4. The van der Waals surface area contributed by atoms with E-state index >= 15 is 0 Å². The summed E-state index contributed by atoms with van der Waals surface area (Å²) in [7, 11) is -9.90. The second-order valence-corrected chi connectivity index (χ2v) is 30.8. The normalized spacial score (nSPS) is 13.9. The van der Waals surface area contributed by atoms with Crippen LogP contribution in [0.3, 0.4) is 0 Å². The van der Waals surface area contributed by atoms with Crippen molar-refractivity contribution >= 4 is 39.5 Å². The second kappa shape index (κ2) is 69.2. The van der Waals surface area contributed by atoms with E-state index in [4.69, 9.17) is 37.0 Å². The summed E-state index contributed by atoms with van der Waals surface area (Å²) >= 11 is 0. The minimum atomic E-state index is -4.95. The summed E-state index contributed by atoms with van der Waals surface area (Å²) in [4.78, 5) is 72.5. The van der Waals surface area contributed by atoms with Crippen molar-refractivity contribution in [2.24, 2.45) is 5.92 Å². The number of carbonyl (C=O) groups excluding carboxylic acids is 4. The molecular weight excluding hydrogens is 1250 g/mol. The molecule has 0 aromatic heterocycles. The minimum Gasteiger partial charge on any atom is -0.462 e. The Bertz CT molecular complexity index is 1820. The van der Waals surface area contributed by atoms with Crippen molar-refractivity contribution in [1.29, 1.82) is 0 Å². The van der Waals surface area contributed by atoms with E-state index in [1.54, 1.807) is 0 Å². The quantitative estimate of drug-likeness (QED) is 0.0222. The molecule has 0 saturated heterocycles. The van der Waals surface area contributed by atoms with Crippen LogP contribution in [0.2, 0.25) is 0 Å². The third kappa shape index (κ3) is 70.3. The molecule has 19 heteroatoms. The number of esters is 4. The molecule has 0 bridgehead atoms. The Balaban J connectivity index is 5.14. The summed E-state index contributed by atoms with van der Waals surface area (Å²) in [6, 6.07) is 0. The number of hydrogen-bond acceptors (Lipinski definition) is 15. The zero-order valence-electron chi connectivity index (χ0n) is 61.8. The highest BCUT2D eigenvalue weighted by molar-refractivity contribution is 7.47. The first-order valence-corrected chi connectivity index (χ1v) is 42.6. The molecule has 0 aliphatic heterocycles. The topological polar surface area (TPSA) is 237 Å². The molecule has 0 amide bonds. The fourth-order valence-electron chi connectivity index (χ4n) is 11.7. The average Bonchev–Trinajstić information content (AvgIpc) is 1.66. The third-order valence-electron chi connectivity index (χ3n) is 17.8. The SMILES string of the molecule is CCCCCCCCCCCCCCCCCCCCC(=O)O[C@H](COC(=O)CCCCCCCCCCCCCCCCC(C)C)COP(=O)(O)OC[C@@H](O)COP(=O)(O)OC[C@@H](COC(=O)CCCCCCC)OC(=O)CCCCCCCCCCCCCCCCC. The molecule has 0 rings (SSSR count). The molecule has 0 radical (unpaired) electrons. The fraction of sp³-hybridized carbons (Fsp3) is 0.947. The lowest BCUT2D eigenvalue weighted by atomic mass is 10.0. The molecule has 3 N–H and O–H groups in total. The van der Waals surface area contributed by atoms with Gasteiger partial charge >= 0.3 is 39.5 Å². The van der Waals surface area contributed by atoms with Gasteiger partial charge in [-0.2, -0.15) is 0 Å². The number of rotatable bonds is 76. The fourth-order valence-corrected chi connectivity index (χ4v) is 13.3. The van der Waals surface area contributed by atoms with Crippen LogP contribution >= 0.6 is 15.6 Å². The molecule has 0 heterocycles. The van der Waals surface area contributed by atoms with Gasteiger partial charge in [0.05, 0.1) is 26.4 Å². The zero-order chi connectivity index (χ0) is 69.8. The van der Waals surface area contributed by atoms with E-state index in [9.17, 15) is 43.2 Å². The van der Waals surface area contributed by atoms with Crippen LogP contribution in [0.25, 0.3) is 0 Å². The second-order valence-electron chi connectivity index (χ2n) is 27.9. The van der Waals surface area contributed by atoms with Gasteiger partial charge in [-0.25, -0.2) is 9.13 Å². The van der Waals surface area contributed by atoms with Crippen LogP contribution in [0.5, 0.6) is 0 Å². The van der Waals surface area contributed by atoms with Crippen LogP contribution in [-0.2, 0) is 65.4 Å². The van der Waals surface area contributed by atoms with Crippen LogP contribution in [0.1, 0.15) is 401 Å². The number of aliphatic hydroxyl groups is 1. The van der Waals surface area contributed by atoms with Gasteiger partial charge in [0, 0.05) is 25.7 Å². The van der Waals surface area contributed by atoms with Crippen molar-refractivity contribution in [2.75, 3.05) is 39.6 Å². The van der Waals surface area contributed by atoms with Gasteiger partial charge in [-0.3, -0.25) is 37.3 Å². The Morgan fingerprint density at radius 2 is 0.484 bits per heavy atom. The van der Waals surface area contributed by atoms with Crippen molar-refractivity contribution in [2.45, 2.75) is 419 Å². The number of aliphatic hydroxyl groups excluding tert-OH is 1. The van der Waals surface area contributed by atoms with Gasteiger partial charge in [0.2, 0.25) is 0 Å². The lowest BCUT2D eigenvalue weighted by Crippen LogP contribution is -2.30. The summed E-state index contributed by atoms with van der Waals surface area (Å²) in [5.41, 5.74) is 0. The summed E-state index contributed by atoms with van der Waals surface area (Å²) in [5.74, 6) is -1.32. The smallest absolute Gasteiger partial charge is 0.462 e. The van der Waals surface area contributed by atoms with Gasteiger partial charge in [0.25, 0.3) is 0 Å². The largest absolute Gasteiger partial charge is 0.472 e. The van der Waals surface area contributed by atoms with Gasteiger partial charge < -0.3 is 33.8 Å². The molecule has 17 nitrogen and oxygen atoms in total. The highest BCUT2D eigenvalue weighted by Gasteiger charge is 2.30. The van der Waals surface area contributed by atoms with Gasteiger partial charge in [-0.15, -0.1) is 0 Å². The standard InChI is InChI=1S/C76H148O17P2/c1-6-9-12-15-17-19-21-23-25-26-27-29-35-39-43-47-52-57-62-76(81)93-72(66-87-74(79)60-55-50-45-41-37-33-31-30-32-36-40-44-49-53-58-69(4)5)68-91-95(84,85)89-64-70(77)63-88-94(82,83)90-67-71(65-86-73(78)59-54-48-14-11-8-3)92-75(80)61-56-51-46-42-38-34-28-24-22-20-18-16-13-10-7-2/h69-72,77H,6-68H2,1-5H3,(H,82,83)(H,84,85)/t70-,71+,72+/m0/s1. The van der Waals surface area contributed by atoms with Crippen molar-refractivity contribution in [1.82, 2.24) is 0 Å². The number of phosphoric ester groups is 2. The van der Waals surface area contributed by atoms with E-state index in [0.717, 1.165) is 102 Å². The minimum absolute atomic E-state index is 0.107. The van der Waals surface area contributed by atoms with Crippen molar-refractivity contribution in [3.63, 3.8) is 0 Å². The maximum atomic E-state index is 13.1. The molecule has 0 aliphatic rings. The molecule has 0 aromatic carbocycles. The molecule has 95 heavy (non-hydrogen) atoms. The first-order chi connectivity index (χ1) is 46.0. The Hall–Kier alpha value is -1.94.